The lowest BCUT2D eigenvalue weighted by Gasteiger charge is -2.03. The Balaban J connectivity index is 1.58. The first-order chi connectivity index (χ1) is 11.6. The first-order valence-electron chi connectivity index (χ1n) is 7.25. The maximum atomic E-state index is 12.8. The molecule has 0 atom stereocenters. The van der Waals surface area contributed by atoms with Crippen molar-refractivity contribution in [2.24, 2.45) is 0 Å². The first-order valence-corrected chi connectivity index (χ1v) is 7.62. The molecule has 0 aliphatic carbocycles. The fourth-order valence-corrected chi connectivity index (χ4v) is 2.31. The van der Waals surface area contributed by atoms with Gasteiger partial charge in [-0.3, -0.25) is 4.79 Å². The second-order valence-corrected chi connectivity index (χ2v) is 5.45. The predicted molar refractivity (Wildman–Crippen MR) is 88.1 cm³/mol. The summed E-state index contributed by atoms with van der Waals surface area (Å²) in [6.45, 7) is 0. The van der Waals surface area contributed by atoms with Crippen LogP contribution in [0.2, 0.25) is 5.02 Å². The summed E-state index contributed by atoms with van der Waals surface area (Å²) >= 11 is 6.08. The highest BCUT2D eigenvalue weighted by Crippen LogP contribution is 2.25. The van der Waals surface area contributed by atoms with E-state index >= 15 is 0 Å². The second kappa shape index (κ2) is 7.23. The number of nitrogens with one attached hydrogen (secondary N) is 1. The number of aryl methyl sites for hydroxylation is 1. The van der Waals surface area contributed by atoms with Gasteiger partial charge in [0.15, 0.2) is 0 Å². The topological polar surface area (TPSA) is 68.0 Å². The molecule has 0 bridgehead atoms. The Labute approximate surface area is 142 Å². The van der Waals surface area contributed by atoms with Crippen LogP contribution in [0.4, 0.5) is 10.1 Å². The van der Waals surface area contributed by atoms with E-state index in [0.717, 1.165) is 0 Å². The highest BCUT2D eigenvalue weighted by molar-refractivity contribution is 6.33. The van der Waals surface area contributed by atoms with E-state index in [-0.39, 0.29) is 18.1 Å². The number of hydrogen-bond donors (Lipinski definition) is 1. The number of hydrogen-bond acceptors (Lipinski definition) is 4. The van der Waals surface area contributed by atoms with Crippen molar-refractivity contribution >= 4 is 23.2 Å². The fourth-order valence-electron chi connectivity index (χ4n) is 2.09. The minimum atomic E-state index is -0.356. The normalized spacial score (nSPS) is 10.6. The van der Waals surface area contributed by atoms with Gasteiger partial charge in [-0.15, -0.1) is 0 Å². The number of benzene rings is 2. The molecule has 0 aliphatic heterocycles. The van der Waals surface area contributed by atoms with Crippen molar-refractivity contribution in [1.82, 2.24) is 10.1 Å². The second-order valence-electron chi connectivity index (χ2n) is 5.05. The monoisotopic (exact) mass is 345 g/mol. The molecule has 0 saturated carbocycles. The molecule has 1 aromatic heterocycles. The Kier molecular flexibility index (Phi) is 4.86. The molecule has 0 aliphatic rings. The molecule has 24 heavy (non-hydrogen) atoms. The van der Waals surface area contributed by atoms with Crippen LogP contribution in [0.15, 0.2) is 53.1 Å². The third-order valence-electron chi connectivity index (χ3n) is 3.28. The Morgan fingerprint density at radius 1 is 1.17 bits per heavy atom. The number of anilines is 1. The maximum absolute atomic E-state index is 12.8. The van der Waals surface area contributed by atoms with E-state index in [1.807, 2.05) is 12.1 Å². The van der Waals surface area contributed by atoms with Gasteiger partial charge in [0.1, 0.15) is 5.82 Å². The van der Waals surface area contributed by atoms with E-state index in [1.165, 1.54) is 24.3 Å². The standard InChI is InChI=1S/C17H13ClFN3O2/c18-14-4-2-1-3-13(14)17-21-16(24-22-17)10-9-15(23)20-12-7-5-11(19)6-8-12/h1-8H,9-10H2,(H,20,23). The number of halogens is 2. The van der Waals surface area contributed by atoms with Crippen molar-refractivity contribution in [3.8, 4) is 11.4 Å². The predicted octanol–water partition coefficient (Wildman–Crippen LogP) is 4.10. The Hall–Kier alpha value is -2.73. The molecule has 1 amide bonds. The summed E-state index contributed by atoms with van der Waals surface area (Å²) < 4.78 is 18.0. The minimum absolute atomic E-state index is 0.168. The van der Waals surface area contributed by atoms with Gasteiger partial charge in [-0.2, -0.15) is 4.98 Å². The van der Waals surface area contributed by atoms with Crippen molar-refractivity contribution in [2.75, 3.05) is 5.32 Å². The SMILES string of the molecule is O=C(CCc1nc(-c2ccccc2Cl)no1)Nc1ccc(F)cc1. The Bertz CT molecular complexity index is 849. The third kappa shape index (κ3) is 3.97. The van der Waals surface area contributed by atoms with Gasteiger partial charge in [-0.05, 0) is 36.4 Å². The van der Waals surface area contributed by atoms with Crippen molar-refractivity contribution in [1.29, 1.82) is 0 Å². The Morgan fingerprint density at radius 2 is 1.92 bits per heavy atom. The van der Waals surface area contributed by atoms with Crippen LogP contribution in [0, 0.1) is 5.82 Å². The van der Waals surface area contributed by atoms with Crippen LogP contribution in [-0.2, 0) is 11.2 Å². The molecule has 7 heteroatoms. The quantitative estimate of drug-likeness (QED) is 0.756. The van der Waals surface area contributed by atoms with E-state index in [4.69, 9.17) is 16.1 Å². The molecule has 2 aromatic carbocycles. The van der Waals surface area contributed by atoms with E-state index in [1.54, 1.807) is 12.1 Å². The molecule has 0 radical (unpaired) electrons. The average molecular weight is 346 g/mol. The molecule has 0 fully saturated rings. The Morgan fingerprint density at radius 3 is 2.67 bits per heavy atom. The first kappa shape index (κ1) is 16.1. The summed E-state index contributed by atoms with van der Waals surface area (Å²) in [5, 5.41) is 7.07. The fraction of sp³-hybridized carbons (Fsp3) is 0.118. The summed E-state index contributed by atoms with van der Waals surface area (Å²) in [5.74, 6) is 0.152. The van der Waals surface area contributed by atoms with Gasteiger partial charge in [0.05, 0.1) is 5.02 Å². The highest BCUT2D eigenvalue weighted by Gasteiger charge is 2.12. The van der Waals surface area contributed by atoms with Crippen molar-refractivity contribution in [2.45, 2.75) is 12.8 Å². The van der Waals surface area contributed by atoms with E-state index in [0.29, 0.717) is 34.4 Å². The number of carbonyl (C=O) groups excluding carboxylic acids is 1. The van der Waals surface area contributed by atoms with Crippen LogP contribution < -0.4 is 5.32 Å². The molecule has 0 unspecified atom stereocenters. The molecule has 1 N–H and O–H groups in total. The molecular weight excluding hydrogens is 333 g/mol. The van der Waals surface area contributed by atoms with Crippen LogP contribution in [0.3, 0.4) is 0 Å². The summed E-state index contributed by atoms with van der Waals surface area (Å²) in [6, 6.07) is 12.7. The number of aromatic nitrogens is 2. The molecule has 122 valence electrons. The van der Waals surface area contributed by atoms with Gasteiger partial charge < -0.3 is 9.84 Å². The van der Waals surface area contributed by atoms with Crippen LogP contribution in [0.5, 0.6) is 0 Å². The van der Waals surface area contributed by atoms with Crippen molar-refractivity contribution < 1.29 is 13.7 Å². The summed E-state index contributed by atoms with van der Waals surface area (Å²) in [5.41, 5.74) is 1.20. The van der Waals surface area contributed by atoms with Crippen molar-refractivity contribution in [3.05, 3.63) is 65.3 Å². The number of nitrogens with zero attached hydrogens (tertiary/aromatic N) is 2. The lowest BCUT2D eigenvalue weighted by atomic mass is 10.2. The molecule has 0 spiro atoms. The lowest BCUT2D eigenvalue weighted by molar-refractivity contribution is -0.116. The minimum Gasteiger partial charge on any atom is -0.339 e. The zero-order valence-electron chi connectivity index (χ0n) is 12.5. The number of rotatable bonds is 5. The summed E-state index contributed by atoms with van der Waals surface area (Å²) in [7, 11) is 0. The van der Waals surface area contributed by atoms with Crippen molar-refractivity contribution in [3.63, 3.8) is 0 Å². The van der Waals surface area contributed by atoms with Gasteiger partial charge in [0.2, 0.25) is 17.6 Å². The smallest absolute Gasteiger partial charge is 0.227 e. The zero-order chi connectivity index (χ0) is 16.9. The average Bonchev–Trinajstić information content (AvgIpc) is 3.04. The summed E-state index contributed by atoms with van der Waals surface area (Å²) in [6.07, 6.45) is 0.464. The van der Waals surface area contributed by atoms with Gasteiger partial charge in [-0.25, -0.2) is 4.39 Å². The van der Waals surface area contributed by atoms with Crippen LogP contribution in [0.1, 0.15) is 12.3 Å². The highest BCUT2D eigenvalue weighted by atomic mass is 35.5. The molecule has 3 aromatic rings. The largest absolute Gasteiger partial charge is 0.339 e. The zero-order valence-corrected chi connectivity index (χ0v) is 13.3. The number of amides is 1. The molecular formula is C17H13ClFN3O2. The van der Waals surface area contributed by atoms with Gasteiger partial charge in [-0.1, -0.05) is 28.9 Å². The van der Waals surface area contributed by atoms with E-state index < -0.39 is 0 Å². The molecule has 5 nitrogen and oxygen atoms in total. The van der Waals surface area contributed by atoms with Crippen LogP contribution in [0.25, 0.3) is 11.4 Å². The molecule has 1 heterocycles. The van der Waals surface area contributed by atoms with Gasteiger partial charge in [0, 0.05) is 24.1 Å². The molecule has 0 saturated heterocycles. The van der Waals surface area contributed by atoms with Crippen LogP contribution in [-0.4, -0.2) is 16.0 Å². The van der Waals surface area contributed by atoms with E-state index in [2.05, 4.69) is 15.5 Å². The van der Waals surface area contributed by atoms with E-state index in [9.17, 15) is 9.18 Å². The lowest BCUT2D eigenvalue weighted by Crippen LogP contribution is -2.12. The number of carbonyl (C=O) groups is 1. The summed E-state index contributed by atoms with van der Waals surface area (Å²) in [4.78, 5) is 16.1. The van der Waals surface area contributed by atoms with Gasteiger partial charge in [0.25, 0.3) is 0 Å². The maximum Gasteiger partial charge on any atom is 0.227 e. The van der Waals surface area contributed by atoms with Crippen LogP contribution >= 0.6 is 11.6 Å². The third-order valence-corrected chi connectivity index (χ3v) is 3.61. The molecule has 3 rings (SSSR count). The van der Waals surface area contributed by atoms with Gasteiger partial charge >= 0.3 is 0 Å².